The van der Waals surface area contributed by atoms with E-state index in [4.69, 9.17) is 0 Å². The lowest BCUT2D eigenvalue weighted by Gasteiger charge is -2.59. The van der Waals surface area contributed by atoms with Crippen molar-refractivity contribution in [2.45, 2.75) is 31.3 Å². The molecule has 0 bridgehead atoms. The fourth-order valence-electron chi connectivity index (χ4n) is 4.39. The van der Waals surface area contributed by atoms with Crippen molar-refractivity contribution < 1.29 is 19.1 Å². The molecule has 1 saturated heterocycles. The molecule has 0 spiro atoms. The minimum Gasteiger partial charge on any atom is -0.394 e. The van der Waals surface area contributed by atoms with Gasteiger partial charge in [-0.15, -0.1) is 0 Å². The van der Waals surface area contributed by atoms with E-state index < -0.39 is 11.7 Å². The number of nitrogens with zero attached hydrogens (tertiary/aromatic N) is 2. The second kappa shape index (κ2) is 6.78. The van der Waals surface area contributed by atoms with E-state index >= 15 is 0 Å². The molecule has 2 aromatic rings. The largest absolute Gasteiger partial charge is 0.394 e. The Labute approximate surface area is 157 Å². The van der Waals surface area contributed by atoms with Crippen LogP contribution in [0.5, 0.6) is 0 Å². The van der Waals surface area contributed by atoms with Gasteiger partial charge in [-0.05, 0) is 23.8 Å². The van der Waals surface area contributed by atoms with Crippen molar-refractivity contribution in [1.82, 2.24) is 4.90 Å². The summed E-state index contributed by atoms with van der Waals surface area (Å²) in [5.41, 5.74) is 1.64. The highest BCUT2D eigenvalue weighted by Gasteiger charge is 2.54. The molecule has 4 rings (SSSR count). The zero-order valence-electron chi connectivity index (χ0n) is 15.0. The average molecular weight is 368 g/mol. The Bertz CT molecular complexity index is 901. The van der Waals surface area contributed by atoms with Crippen molar-refractivity contribution in [2.24, 2.45) is 0 Å². The highest BCUT2D eigenvalue weighted by molar-refractivity contribution is 6.07. The first kappa shape index (κ1) is 17.7. The van der Waals surface area contributed by atoms with E-state index in [0.29, 0.717) is 12.1 Å². The van der Waals surface area contributed by atoms with Gasteiger partial charge in [0.2, 0.25) is 5.91 Å². The third-order valence-corrected chi connectivity index (χ3v) is 5.63. The Morgan fingerprint density at radius 1 is 1.15 bits per heavy atom. The van der Waals surface area contributed by atoms with Gasteiger partial charge in [0.25, 0.3) is 5.91 Å². The summed E-state index contributed by atoms with van der Waals surface area (Å²) in [7, 11) is 0. The van der Waals surface area contributed by atoms with Gasteiger partial charge in [-0.25, -0.2) is 4.39 Å². The molecule has 0 radical (unpaired) electrons. The number of para-hydroxylation sites is 1. The maximum atomic E-state index is 14.2. The minimum atomic E-state index is -0.564. The lowest BCUT2D eigenvalue weighted by Crippen LogP contribution is -2.70. The third-order valence-electron chi connectivity index (χ3n) is 5.63. The van der Waals surface area contributed by atoms with Crippen LogP contribution in [0.4, 0.5) is 10.1 Å². The van der Waals surface area contributed by atoms with Crippen LogP contribution in [-0.4, -0.2) is 47.1 Å². The number of benzene rings is 2. The molecule has 0 aliphatic carbocycles. The molecule has 5 nitrogen and oxygen atoms in total. The number of rotatable bonds is 3. The summed E-state index contributed by atoms with van der Waals surface area (Å²) in [5.74, 6) is -1.06. The molecule has 6 heteroatoms. The van der Waals surface area contributed by atoms with Gasteiger partial charge in [0, 0.05) is 24.6 Å². The number of anilines is 1. The van der Waals surface area contributed by atoms with E-state index in [1.807, 2.05) is 24.3 Å². The second-order valence-electron chi connectivity index (χ2n) is 6.95. The predicted molar refractivity (Wildman–Crippen MR) is 99.1 cm³/mol. The first-order valence-corrected chi connectivity index (χ1v) is 9.15. The Morgan fingerprint density at radius 3 is 2.56 bits per heavy atom. The third kappa shape index (κ3) is 2.63. The topological polar surface area (TPSA) is 60.9 Å². The van der Waals surface area contributed by atoms with Crippen LogP contribution >= 0.6 is 0 Å². The lowest BCUT2D eigenvalue weighted by atomic mass is 9.71. The Kier molecular flexibility index (Phi) is 4.44. The fraction of sp³-hybridized carbons (Fsp3) is 0.333. The highest BCUT2D eigenvalue weighted by atomic mass is 19.1. The number of carbonyl (C=O) groups excluding carboxylic acids is 2. The number of aliphatic hydroxyl groups is 1. The molecule has 2 aromatic carbocycles. The quantitative estimate of drug-likeness (QED) is 0.906. The molecular weight excluding hydrogens is 347 g/mol. The van der Waals surface area contributed by atoms with E-state index in [1.165, 1.54) is 12.1 Å². The van der Waals surface area contributed by atoms with Crippen LogP contribution in [0.25, 0.3) is 0 Å². The zero-order chi connectivity index (χ0) is 19.1. The summed E-state index contributed by atoms with van der Waals surface area (Å²) in [5, 5.41) is 9.83. The van der Waals surface area contributed by atoms with Gasteiger partial charge in [-0.3, -0.25) is 9.59 Å². The summed E-state index contributed by atoms with van der Waals surface area (Å²) in [4.78, 5) is 28.7. The van der Waals surface area contributed by atoms with Crippen molar-refractivity contribution >= 4 is 17.5 Å². The van der Waals surface area contributed by atoms with Crippen molar-refractivity contribution in [3.8, 4) is 0 Å². The first-order chi connectivity index (χ1) is 13.1. The summed E-state index contributed by atoms with van der Waals surface area (Å²) in [6.07, 6.45) is 0.336. The number of halogens is 1. The smallest absolute Gasteiger partial charge is 0.261 e. The van der Waals surface area contributed by atoms with E-state index in [0.717, 1.165) is 5.56 Å². The molecule has 27 heavy (non-hydrogen) atoms. The lowest BCUT2D eigenvalue weighted by molar-refractivity contribution is -0.149. The van der Waals surface area contributed by atoms with Gasteiger partial charge < -0.3 is 14.9 Å². The molecule has 2 amide bonds. The van der Waals surface area contributed by atoms with E-state index in [9.17, 15) is 19.1 Å². The van der Waals surface area contributed by atoms with Gasteiger partial charge in [0.15, 0.2) is 0 Å². The molecule has 1 N–H and O–H groups in total. The molecular formula is C21H21FN2O3. The first-order valence-electron chi connectivity index (χ1n) is 9.15. The number of aliphatic hydroxyl groups excluding tert-OH is 1. The van der Waals surface area contributed by atoms with Crippen molar-refractivity contribution in [2.75, 3.05) is 18.1 Å². The molecule has 140 valence electrons. The highest BCUT2D eigenvalue weighted by Crippen LogP contribution is 2.48. The van der Waals surface area contributed by atoms with Gasteiger partial charge >= 0.3 is 0 Å². The van der Waals surface area contributed by atoms with Crippen molar-refractivity contribution in [1.29, 1.82) is 0 Å². The minimum absolute atomic E-state index is 0.0113. The van der Waals surface area contributed by atoms with Crippen LogP contribution in [0.2, 0.25) is 0 Å². The molecule has 0 aromatic heterocycles. The van der Waals surface area contributed by atoms with Crippen LogP contribution in [0, 0.1) is 5.82 Å². The molecule has 2 heterocycles. The predicted octanol–water partition coefficient (Wildman–Crippen LogP) is 2.55. The maximum Gasteiger partial charge on any atom is 0.261 e. The van der Waals surface area contributed by atoms with Crippen LogP contribution < -0.4 is 4.90 Å². The van der Waals surface area contributed by atoms with Gasteiger partial charge in [0.1, 0.15) is 5.82 Å². The van der Waals surface area contributed by atoms with Crippen LogP contribution in [0.3, 0.4) is 0 Å². The zero-order valence-corrected chi connectivity index (χ0v) is 15.0. The molecule has 2 aliphatic rings. The standard InChI is InChI=1S/C21H21FN2O3/c1-2-19(26)24-17-11-23(21(27)13-7-3-5-9-15(13)22)16-10-6-4-8-14(16)20(17)18(24)12-25/h3-10,17-18,20,25H,2,11-12H2,1H3/t17-,18-,20+/m1/s1. The average Bonchev–Trinajstić information content (AvgIpc) is 2.68. The Balaban J connectivity index is 1.76. The van der Waals surface area contributed by atoms with Gasteiger partial charge in [0.05, 0.1) is 24.3 Å². The summed E-state index contributed by atoms with van der Waals surface area (Å²) in [6.45, 7) is 1.95. The Hall–Kier alpha value is -2.73. The molecule has 0 unspecified atom stereocenters. The molecule has 1 fully saturated rings. The summed E-state index contributed by atoms with van der Waals surface area (Å²) in [6, 6.07) is 12.9. The number of fused-ring (bicyclic) bond motifs is 3. The van der Waals surface area contributed by atoms with Crippen LogP contribution in [-0.2, 0) is 4.79 Å². The normalized spacial score (nSPS) is 23.3. The number of hydrogen-bond acceptors (Lipinski definition) is 3. The molecule has 2 aliphatic heterocycles. The van der Waals surface area contributed by atoms with E-state index in [1.54, 1.807) is 28.9 Å². The Morgan fingerprint density at radius 2 is 1.85 bits per heavy atom. The fourth-order valence-corrected chi connectivity index (χ4v) is 4.39. The summed E-state index contributed by atoms with van der Waals surface area (Å²) < 4.78 is 14.2. The number of amides is 2. The summed E-state index contributed by atoms with van der Waals surface area (Å²) >= 11 is 0. The number of hydrogen-bond donors (Lipinski definition) is 1. The van der Waals surface area contributed by atoms with Crippen molar-refractivity contribution in [3.63, 3.8) is 0 Å². The number of carbonyl (C=O) groups is 2. The molecule has 3 atom stereocenters. The van der Waals surface area contributed by atoms with Gasteiger partial charge in [-0.1, -0.05) is 37.3 Å². The monoisotopic (exact) mass is 368 g/mol. The van der Waals surface area contributed by atoms with E-state index in [-0.39, 0.29) is 42.6 Å². The van der Waals surface area contributed by atoms with E-state index in [2.05, 4.69) is 0 Å². The van der Waals surface area contributed by atoms with Crippen LogP contribution in [0.1, 0.15) is 35.2 Å². The SMILES string of the molecule is CCC(=O)N1[C@H](CO)[C@H]2c3ccccc3N(C(=O)c3ccccc3F)C[C@H]21. The van der Waals surface area contributed by atoms with Crippen molar-refractivity contribution in [3.05, 3.63) is 65.5 Å². The second-order valence-corrected chi connectivity index (χ2v) is 6.95. The maximum absolute atomic E-state index is 14.2. The molecule has 0 saturated carbocycles. The van der Waals surface area contributed by atoms with Crippen LogP contribution in [0.15, 0.2) is 48.5 Å². The number of likely N-dealkylation sites (tertiary alicyclic amines) is 1. The van der Waals surface area contributed by atoms with Gasteiger partial charge in [-0.2, -0.15) is 0 Å².